The number of carboxylic acid groups (broad SMARTS) is 1. The van der Waals surface area contributed by atoms with Gasteiger partial charge < -0.3 is 15.4 Å². The predicted molar refractivity (Wildman–Crippen MR) is 119 cm³/mol. The Hall–Kier alpha value is -2.91. The quantitative estimate of drug-likeness (QED) is 0.556. The summed E-state index contributed by atoms with van der Waals surface area (Å²) in [6.07, 6.45) is 1.59. The highest BCUT2D eigenvalue weighted by atomic mass is 32.2. The van der Waals surface area contributed by atoms with Gasteiger partial charge >= 0.3 is 6.09 Å². The second-order valence-corrected chi connectivity index (χ2v) is 10.1. The number of aromatic amines is 1. The van der Waals surface area contributed by atoms with E-state index in [9.17, 15) is 13.2 Å². The second kappa shape index (κ2) is 8.32. The van der Waals surface area contributed by atoms with Crippen molar-refractivity contribution in [2.75, 3.05) is 13.1 Å². The topological polar surface area (TPSA) is 115 Å². The number of hydrogen-bond donors (Lipinski definition) is 3. The van der Waals surface area contributed by atoms with E-state index in [0.717, 1.165) is 27.9 Å². The van der Waals surface area contributed by atoms with Gasteiger partial charge in [-0.3, -0.25) is 0 Å². The maximum absolute atomic E-state index is 13.0. The lowest BCUT2D eigenvalue weighted by atomic mass is 10.0. The van der Waals surface area contributed by atoms with E-state index in [-0.39, 0.29) is 10.9 Å². The third-order valence-corrected chi connectivity index (χ3v) is 7.67. The Bertz CT molecular complexity index is 1190. The van der Waals surface area contributed by atoms with Gasteiger partial charge in [-0.1, -0.05) is 26.0 Å². The maximum atomic E-state index is 13.0. The van der Waals surface area contributed by atoms with Crippen molar-refractivity contribution < 1.29 is 18.3 Å². The molecule has 1 aliphatic heterocycles. The lowest BCUT2D eigenvalue weighted by molar-refractivity contribution is 0.183. The first-order valence-electron chi connectivity index (χ1n) is 10.3. The molecule has 1 aliphatic rings. The molecule has 0 spiro atoms. The van der Waals surface area contributed by atoms with Gasteiger partial charge in [-0.15, -0.1) is 0 Å². The van der Waals surface area contributed by atoms with Gasteiger partial charge in [0.05, 0.1) is 4.90 Å². The normalized spacial score (nSPS) is 16.1. The fraction of sp³-hybridized carbons (Fsp3) is 0.364. The zero-order valence-corrected chi connectivity index (χ0v) is 18.3. The molecule has 8 nitrogen and oxygen atoms in total. The van der Waals surface area contributed by atoms with Crippen LogP contribution in [0, 0.1) is 0 Å². The summed E-state index contributed by atoms with van der Waals surface area (Å²) in [4.78, 5) is 18.8. The molecule has 1 aromatic carbocycles. The molecule has 1 fully saturated rings. The number of aromatic nitrogens is 2. The summed E-state index contributed by atoms with van der Waals surface area (Å²) in [6.45, 7) is 4.82. The minimum absolute atomic E-state index is 0.211. The Kier molecular flexibility index (Phi) is 5.72. The number of rotatable bonds is 5. The minimum atomic E-state index is -3.62. The van der Waals surface area contributed by atoms with Gasteiger partial charge in [0.25, 0.3) is 0 Å². The van der Waals surface area contributed by atoms with Crippen LogP contribution in [0.4, 0.5) is 4.79 Å². The van der Waals surface area contributed by atoms with Crippen molar-refractivity contribution in [3.8, 4) is 11.1 Å². The zero-order chi connectivity index (χ0) is 22.2. The molecule has 1 amide bonds. The highest BCUT2D eigenvalue weighted by Crippen LogP contribution is 2.31. The number of H-pyrrole nitrogens is 1. The third-order valence-electron chi connectivity index (χ3n) is 5.76. The van der Waals surface area contributed by atoms with Crippen molar-refractivity contribution in [3.05, 3.63) is 48.3 Å². The number of pyridine rings is 1. The molecule has 0 bridgehead atoms. The molecule has 3 aromatic rings. The molecule has 0 saturated carbocycles. The molecule has 0 radical (unpaired) electrons. The van der Waals surface area contributed by atoms with E-state index in [4.69, 9.17) is 5.11 Å². The fourth-order valence-corrected chi connectivity index (χ4v) is 5.45. The molecule has 4 rings (SSSR count). The number of sulfonamides is 1. The largest absolute Gasteiger partial charge is 0.465 e. The Morgan fingerprint density at radius 2 is 1.87 bits per heavy atom. The molecule has 9 heteroatoms. The van der Waals surface area contributed by atoms with E-state index < -0.39 is 16.1 Å². The summed E-state index contributed by atoms with van der Waals surface area (Å²) >= 11 is 0. The van der Waals surface area contributed by atoms with Crippen LogP contribution in [0.3, 0.4) is 0 Å². The molecular weight excluding hydrogens is 416 g/mol. The Labute approximate surface area is 181 Å². The van der Waals surface area contributed by atoms with Crippen LogP contribution in [0.15, 0.2) is 47.5 Å². The summed E-state index contributed by atoms with van der Waals surface area (Å²) in [5, 5.41) is 12.3. The van der Waals surface area contributed by atoms with Crippen LogP contribution in [0.2, 0.25) is 0 Å². The van der Waals surface area contributed by atoms with Gasteiger partial charge in [0, 0.05) is 36.4 Å². The SMILES string of the molecule is CC(C)c1cc2c(-c3ccc(S(=O)(=O)N4CCC(NC(=O)O)CC4)cc3)ccnc2[nH]1. The molecule has 2 aromatic heterocycles. The van der Waals surface area contributed by atoms with Crippen molar-refractivity contribution >= 4 is 27.1 Å². The summed E-state index contributed by atoms with van der Waals surface area (Å²) in [5.41, 5.74) is 3.84. The van der Waals surface area contributed by atoms with Crippen molar-refractivity contribution in [2.24, 2.45) is 0 Å². The predicted octanol–water partition coefficient (Wildman–Crippen LogP) is 3.77. The first-order chi connectivity index (χ1) is 14.8. The molecule has 0 unspecified atom stereocenters. The number of fused-ring (bicyclic) bond motifs is 1. The van der Waals surface area contributed by atoms with E-state index in [2.05, 4.69) is 35.2 Å². The minimum Gasteiger partial charge on any atom is -0.465 e. The monoisotopic (exact) mass is 442 g/mol. The highest BCUT2D eigenvalue weighted by Gasteiger charge is 2.30. The molecule has 0 aliphatic carbocycles. The van der Waals surface area contributed by atoms with E-state index >= 15 is 0 Å². The van der Waals surface area contributed by atoms with Crippen LogP contribution in [0.5, 0.6) is 0 Å². The lowest BCUT2D eigenvalue weighted by Crippen LogP contribution is -2.46. The summed E-state index contributed by atoms with van der Waals surface area (Å²) in [6, 6.07) is 10.7. The Morgan fingerprint density at radius 3 is 2.48 bits per heavy atom. The molecular formula is C22H26N4O4S. The molecule has 31 heavy (non-hydrogen) atoms. The molecule has 164 valence electrons. The van der Waals surface area contributed by atoms with Crippen LogP contribution in [-0.4, -0.2) is 53.0 Å². The summed E-state index contributed by atoms with van der Waals surface area (Å²) in [7, 11) is -3.62. The molecule has 1 saturated heterocycles. The summed E-state index contributed by atoms with van der Waals surface area (Å²) in [5.74, 6) is 0.351. The van der Waals surface area contributed by atoms with E-state index in [1.165, 1.54) is 4.31 Å². The number of nitrogens with one attached hydrogen (secondary N) is 2. The van der Waals surface area contributed by atoms with Crippen molar-refractivity contribution in [1.29, 1.82) is 0 Å². The highest BCUT2D eigenvalue weighted by molar-refractivity contribution is 7.89. The number of amides is 1. The van der Waals surface area contributed by atoms with E-state index in [0.29, 0.717) is 31.8 Å². The summed E-state index contributed by atoms with van der Waals surface area (Å²) < 4.78 is 27.5. The van der Waals surface area contributed by atoms with Gasteiger partial charge in [0.1, 0.15) is 5.65 Å². The smallest absolute Gasteiger partial charge is 0.404 e. The zero-order valence-electron chi connectivity index (χ0n) is 17.5. The average molecular weight is 443 g/mol. The van der Waals surface area contributed by atoms with Crippen LogP contribution < -0.4 is 5.32 Å². The van der Waals surface area contributed by atoms with Crippen molar-refractivity contribution in [1.82, 2.24) is 19.6 Å². The molecule has 3 heterocycles. The lowest BCUT2D eigenvalue weighted by Gasteiger charge is -2.31. The third kappa shape index (κ3) is 4.28. The van der Waals surface area contributed by atoms with Gasteiger partial charge in [-0.2, -0.15) is 4.31 Å². The number of nitrogens with zero attached hydrogens (tertiary/aromatic N) is 2. The Balaban J connectivity index is 1.56. The van der Waals surface area contributed by atoms with Crippen molar-refractivity contribution in [3.63, 3.8) is 0 Å². The van der Waals surface area contributed by atoms with Gasteiger partial charge in [-0.05, 0) is 54.2 Å². The average Bonchev–Trinajstić information content (AvgIpc) is 3.19. The molecule has 0 atom stereocenters. The number of carbonyl (C=O) groups is 1. The van der Waals surface area contributed by atoms with Crippen molar-refractivity contribution in [2.45, 2.75) is 43.5 Å². The number of benzene rings is 1. The first-order valence-corrected chi connectivity index (χ1v) is 11.8. The van der Waals surface area contributed by atoms with E-state index in [1.807, 2.05) is 18.2 Å². The van der Waals surface area contributed by atoms with Crippen LogP contribution in [0.1, 0.15) is 38.3 Å². The first kappa shape index (κ1) is 21.3. The Morgan fingerprint density at radius 1 is 1.19 bits per heavy atom. The van der Waals surface area contributed by atoms with Crippen LogP contribution in [-0.2, 0) is 10.0 Å². The second-order valence-electron chi connectivity index (χ2n) is 8.15. The maximum Gasteiger partial charge on any atom is 0.404 e. The van der Waals surface area contributed by atoms with Gasteiger partial charge in [0.2, 0.25) is 10.0 Å². The van der Waals surface area contributed by atoms with Gasteiger partial charge in [0.15, 0.2) is 0 Å². The number of hydrogen-bond acceptors (Lipinski definition) is 4. The molecule has 3 N–H and O–H groups in total. The van der Waals surface area contributed by atoms with Gasteiger partial charge in [-0.25, -0.2) is 18.2 Å². The van der Waals surface area contributed by atoms with Crippen LogP contribution in [0.25, 0.3) is 22.2 Å². The van der Waals surface area contributed by atoms with Crippen LogP contribution >= 0.6 is 0 Å². The standard InChI is InChI=1S/C22H26N4O4S/c1-14(2)20-13-19-18(7-10-23-21(19)25-20)15-3-5-17(6-4-15)31(29,30)26-11-8-16(9-12-26)24-22(27)28/h3-7,10,13-14,16,24H,8-9,11-12H2,1-2H3,(H,23,25)(H,27,28). The number of piperidine rings is 1. The fourth-order valence-electron chi connectivity index (χ4n) is 3.98. The van der Waals surface area contributed by atoms with E-state index in [1.54, 1.807) is 18.3 Å².